The lowest BCUT2D eigenvalue weighted by Crippen LogP contribution is -2.42. The van der Waals surface area contributed by atoms with Crippen molar-refractivity contribution >= 4 is 17.6 Å². The summed E-state index contributed by atoms with van der Waals surface area (Å²) in [6, 6.07) is 11.7. The van der Waals surface area contributed by atoms with Crippen molar-refractivity contribution in [3.05, 3.63) is 48.2 Å². The predicted octanol–water partition coefficient (Wildman–Crippen LogP) is 2.26. The second-order valence-electron chi connectivity index (χ2n) is 7.49. The first-order chi connectivity index (χ1) is 13.7. The molecule has 2 fully saturated rings. The normalized spacial score (nSPS) is 20.3. The molecule has 0 spiro atoms. The number of piperidine rings is 1. The molecular formula is C21H26N4O3. The van der Waals surface area contributed by atoms with Gasteiger partial charge in [-0.05, 0) is 24.8 Å². The fourth-order valence-corrected chi connectivity index (χ4v) is 3.99. The average Bonchev–Trinajstić information content (AvgIpc) is 3.40. The number of carbonyl (C=O) groups excluding carboxylic acids is 2. The highest BCUT2D eigenvalue weighted by Gasteiger charge is 2.31. The van der Waals surface area contributed by atoms with Gasteiger partial charge in [0.25, 0.3) is 0 Å². The lowest BCUT2D eigenvalue weighted by molar-refractivity contribution is -0.136. The number of nitrogens with zero attached hydrogens (tertiary/aromatic N) is 3. The van der Waals surface area contributed by atoms with E-state index in [0.717, 1.165) is 43.7 Å². The van der Waals surface area contributed by atoms with Crippen LogP contribution in [0.4, 0.5) is 5.82 Å². The van der Waals surface area contributed by atoms with Gasteiger partial charge in [0.2, 0.25) is 11.8 Å². The quantitative estimate of drug-likeness (QED) is 0.861. The summed E-state index contributed by atoms with van der Waals surface area (Å²) in [5.74, 6) is 0.901. The van der Waals surface area contributed by atoms with E-state index in [1.165, 1.54) is 0 Å². The van der Waals surface area contributed by atoms with Crippen LogP contribution in [-0.2, 0) is 20.7 Å². The number of ether oxygens (including phenoxy) is 1. The molecule has 1 aromatic carbocycles. The second kappa shape index (κ2) is 8.56. The van der Waals surface area contributed by atoms with E-state index in [0.29, 0.717) is 19.6 Å². The van der Waals surface area contributed by atoms with Crippen molar-refractivity contribution in [3.8, 4) is 0 Å². The van der Waals surface area contributed by atoms with Crippen molar-refractivity contribution in [1.29, 1.82) is 0 Å². The van der Waals surface area contributed by atoms with E-state index in [1.54, 1.807) is 6.20 Å². The van der Waals surface area contributed by atoms with Crippen molar-refractivity contribution in [2.45, 2.75) is 31.7 Å². The summed E-state index contributed by atoms with van der Waals surface area (Å²) in [5.41, 5.74) is 0.980. The summed E-state index contributed by atoms with van der Waals surface area (Å²) in [4.78, 5) is 26.9. The Kier molecular flexibility index (Phi) is 5.71. The molecular weight excluding hydrogens is 356 g/mol. The monoisotopic (exact) mass is 382 g/mol. The lowest BCUT2D eigenvalue weighted by Gasteiger charge is -2.34. The van der Waals surface area contributed by atoms with Gasteiger partial charge in [-0.2, -0.15) is 5.10 Å². The molecule has 1 unspecified atom stereocenters. The molecule has 0 radical (unpaired) electrons. The minimum Gasteiger partial charge on any atom is -0.381 e. The lowest BCUT2D eigenvalue weighted by atomic mass is 10.0. The Hall–Kier alpha value is -2.67. The average molecular weight is 382 g/mol. The van der Waals surface area contributed by atoms with E-state index in [4.69, 9.17) is 4.74 Å². The third kappa shape index (κ3) is 4.25. The molecule has 148 valence electrons. The Morgan fingerprint density at radius 1 is 1.11 bits per heavy atom. The van der Waals surface area contributed by atoms with Gasteiger partial charge in [0, 0.05) is 25.8 Å². The molecule has 4 rings (SSSR count). The largest absolute Gasteiger partial charge is 0.381 e. The van der Waals surface area contributed by atoms with Crippen molar-refractivity contribution in [2.24, 2.45) is 5.92 Å². The first-order valence-electron chi connectivity index (χ1n) is 9.94. The molecule has 1 N–H and O–H groups in total. The Morgan fingerprint density at radius 3 is 2.61 bits per heavy atom. The van der Waals surface area contributed by atoms with Gasteiger partial charge in [-0.15, -0.1) is 0 Å². The van der Waals surface area contributed by atoms with Crippen LogP contribution in [0.15, 0.2) is 42.6 Å². The van der Waals surface area contributed by atoms with Crippen LogP contribution in [0.1, 0.15) is 30.9 Å². The Morgan fingerprint density at radius 2 is 1.89 bits per heavy atom. The molecule has 28 heavy (non-hydrogen) atoms. The maximum atomic E-state index is 12.5. The molecule has 7 heteroatoms. The summed E-state index contributed by atoms with van der Waals surface area (Å²) in [7, 11) is 0. The van der Waals surface area contributed by atoms with Crippen LogP contribution in [0.3, 0.4) is 0 Å². The standard InChI is InChI=1S/C21H26N4O3/c26-20(14-16-4-2-1-3-5-16)23-19-6-10-22-25(19)18-7-11-24(12-8-18)21(27)17-9-13-28-15-17/h1-6,10,17-18H,7-9,11-15H2,(H,23,26). The molecule has 1 aromatic heterocycles. The van der Waals surface area contributed by atoms with Crippen molar-refractivity contribution in [2.75, 3.05) is 31.6 Å². The molecule has 7 nitrogen and oxygen atoms in total. The van der Waals surface area contributed by atoms with Crippen LogP contribution < -0.4 is 5.32 Å². The summed E-state index contributed by atoms with van der Waals surface area (Å²) >= 11 is 0. The predicted molar refractivity (Wildman–Crippen MR) is 105 cm³/mol. The summed E-state index contributed by atoms with van der Waals surface area (Å²) in [6.45, 7) is 2.68. The molecule has 2 aliphatic heterocycles. The van der Waals surface area contributed by atoms with Gasteiger partial charge in [-0.1, -0.05) is 30.3 Å². The van der Waals surface area contributed by atoms with Crippen molar-refractivity contribution in [1.82, 2.24) is 14.7 Å². The molecule has 3 heterocycles. The fraction of sp³-hybridized carbons (Fsp3) is 0.476. The number of aromatic nitrogens is 2. The van der Waals surface area contributed by atoms with Crippen LogP contribution in [0.5, 0.6) is 0 Å². The molecule has 2 aromatic rings. The van der Waals surface area contributed by atoms with Gasteiger partial charge in [-0.3, -0.25) is 9.59 Å². The van der Waals surface area contributed by atoms with E-state index < -0.39 is 0 Å². The smallest absolute Gasteiger partial charge is 0.229 e. The summed E-state index contributed by atoms with van der Waals surface area (Å²) in [6.07, 6.45) is 4.55. The molecule has 0 aliphatic carbocycles. The number of amides is 2. The number of likely N-dealkylation sites (tertiary alicyclic amines) is 1. The Labute approximate surface area is 164 Å². The number of benzene rings is 1. The zero-order valence-corrected chi connectivity index (χ0v) is 15.9. The van der Waals surface area contributed by atoms with Gasteiger partial charge < -0.3 is 15.0 Å². The second-order valence-corrected chi connectivity index (χ2v) is 7.49. The van der Waals surface area contributed by atoms with Gasteiger partial charge in [0.15, 0.2) is 0 Å². The minimum atomic E-state index is -0.0539. The van der Waals surface area contributed by atoms with Crippen LogP contribution >= 0.6 is 0 Å². The zero-order chi connectivity index (χ0) is 19.3. The fourth-order valence-electron chi connectivity index (χ4n) is 3.99. The molecule has 2 saturated heterocycles. The maximum Gasteiger partial charge on any atom is 0.229 e. The van der Waals surface area contributed by atoms with Crippen LogP contribution in [0.2, 0.25) is 0 Å². The number of nitrogens with one attached hydrogen (secondary N) is 1. The van der Waals surface area contributed by atoms with Gasteiger partial charge >= 0.3 is 0 Å². The van der Waals surface area contributed by atoms with Crippen LogP contribution in [0.25, 0.3) is 0 Å². The maximum absolute atomic E-state index is 12.5. The minimum absolute atomic E-state index is 0.0223. The van der Waals surface area contributed by atoms with E-state index in [9.17, 15) is 9.59 Å². The van der Waals surface area contributed by atoms with Gasteiger partial charge in [0.05, 0.1) is 31.2 Å². The number of carbonyl (C=O) groups is 2. The molecule has 2 aliphatic rings. The Bertz CT molecular complexity index is 806. The zero-order valence-electron chi connectivity index (χ0n) is 15.9. The van der Waals surface area contributed by atoms with Crippen LogP contribution in [-0.4, -0.2) is 52.8 Å². The van der Waals surface area contributed by atoms with Gasteiger partial charge in [-0.25, -0.2) is 4.68 Å². The van der Waals surface area contributed by atoms with E-state index in [2.05, 4.69) is 10.4 Å². The SMILES string of the molecule is O=C(Cc1ccccc1)Nc1ccnn1C1CCN(C(=O)C2CCOC2)CC1. The number of hydrogen-bond acceptors (Lipinski definition) is 4. The molecule has 1 atom stereocenters. The third-order valence-corrected chi connectivity index (χ3v) is 5.55. The first kappa shape index (κ1) is 18.7. The van der Waals surface area contributed by atoms with E-state index in [1.807, 2.05) is 46.0 Å². The topological polar surface area (TPSA) is 76.5 Å². The highest BCUT2D eigenvalue weighted by atomic mass is 16.5. The summed E-state index contributed by atoms with van der Waals surface area (Å²) in [5, 5.41) is 7.41. The van der Waals surface area contributed by atoms with E-state index in [-0.39, 0.29) is 23.8 Å². The first-order valence-corrected chi connectivity index (χ1v) is 9.94. The third-order valence-electron chi connectivity index (χ3n) is 5.55. The highest BCUT2D eigenvalue weighted by molar-refractivity contribution is 5.91. The number of anilines is 1. The highest BCUT2D eigenvalue weighted by Crippen LogP contribution is 2.27. The molecule has 2 amide bonds. The molecule has 0 saturated carbocycles. The number of rotatable bonds is 5. The van der Waals surface area contributed by atoms with Crippen molar-refractivity contribution < 1.29 is 14.3 Å². The molecule has 0 bridgehead atoms. The Balaban J connectivity index is 1.33. The number of hydrogen-bond donors (Lipinski definition) is 1. The van der Waals surface area contributed by atoms with Crippen molar-refractivity contribution in [3.63, 3.8) is 0 Å². The summed E-state index contributed by atoms with van der Waals surface area (Å²) < 4.78 is 7.23. The van der Waals surface area contributed by atoms with Gasteiger partial charge in [0.1, 0.15) is 5.82 Å². The van der Waals surface area contributed by atoms with Crippen LogP contribution in [0, 0.1) is 5.92 Å². The van der Waals surface area contributed by atoms with E-state index >= 15 is 0 Å².